The van der Waals surface area contributed by atoms with E-state index in [9.17, 15) is 9.18 Å². The highest BCUT2D eigenvalue weighted by Crippen LogP contribution is 2.07. The number of benzene rings is 1. The van der Waals surface area contributed by atoms with Crippen molar-refractivity contribution in [3.05, 3.63) is 47.8 Å². The van der Waals surface area contributed by atoms with Gasteiger partial charge in [0.1, 0.15) is 23.8 Å². The van der Waals surface area contributed by atoms with Gasteiger partial charge in [0.15, 0.2) is 0 Å². The molecule has 1 heterocycles. The Morgan fingerprint density at radius 1 is 1.35 bits per heavy atom. The first kappa shape index (κ1) is 14.4. The SMILES string of the molecule is CC(C)Cn1ncnc1CC(=O)Cc1cccc(F)c1. The molecule has 0 amide bonds. The number of hydrogen-bond acceptors (Lipinski definition) is 3. The average molecular weight is 275 g/mol. The molecule has 0 N–H and O–H groups in total. The van der Waals surface area contributed by atoms with Gasteiger partial charge in [-0.15, -0.1) is 0 Å². The van der Waals surface area contributed by atoms with Crippen molar-refractivity contribution >= 4 is 5.78 Å². The number of Topliss-reactive ketones (excluding diaryl/α,β-unsaturated/α-hetero) is 1. The number of ketones is 1. The maximum absolute atomic E-state index is 13.1. The summed E-state index contributed by atoms with van der Waals surface area (Å²) in [5.41, 5.74) is 0.685. The Morgan fingerprint density at radius 2 is 2.15 bits per heavy atom. The van der Waals surface area contributed by atoms with E-state index in [1.54, 1.807) is 16.8 Å². The van der Waals surface area contributed by atoms with E-state index in [0.717, 1.165) is 6.54 Å². The Morgan fingerprint density at radius 3 is 2.85 bits per heavy atom. The van der Waals surface area contributed by atoms with Gasteiger partial charge in [-0.1, -0.05) is 26.0 Å². The van der Waals surface area contributed by atoms with Gasteiger partial charge in [0, 0.05) is 13.0 Å². The molecule has 0 unspecified atom stereocenters. The van der Waals surface area contributed by atoms with Crippen LogP contribution >= 0.6 is 0 Å². The summed E-state index contributed by atoms with van der Waals surface area (Å²) >= 11 is 0. The molecule has 5 heteroatoms. The highest BCUT2D eigenvalue weighted by Gasteiger charge is 2.12. The Balaban J connectivity index is 2.00. The molecule has 0 atom stereocenters. The predicted octanol–water partition coefficient (Wildman–Crippen LogP) is 2.43. The highest BCUT2D eigenvalue weighted by molar-refractivity contribution is 5.82. The summed E-state index contributed by atoms with van der Waals surface area (Å²) in [4.78, 5) is 16.2. The maximum atomic E-state index is 13.1. The molecule has 0 aliphatic heterocycles. The molecular weight excluding hydrogens is 257 g/mol. The molecule has 0 radical (unpaired) electrons. The Hall–Kier alpha value is -2.04. The van der Waals surface area contributed by atoms with Gasteiger partial charge in [-0.25, -0.2) is 14.1 Å². The second-order valence-corrected chi connectivity index (χ2v) is 5.27. The summed E-state index contributed by atoms with van der Waals surface area (Å²) in [6.45, 7) is 4.91. The van der Waals surface area contributed by atoms with Gasteiger partial charge in [0.2, 0.25) is 0 Å². The van der Waals surface area contributed by atoms with Crippen LogP contribution in [0.3, 0.4) is 0 Å². The van der Waals surface area contributed by atoms with Crippen LogP contribution in [0.5, 0.6) is 0 Å². The van der Waals surface area contributed by atoms with Crippen LogP contribution in [0.4, 0.5) is 4.39 Å². The smallest absolute Gasteiger partial charge is 0.144 e. The molecule has 0 fully saturated rings. The first-order chi connectivity index (χ1) is 9.54. The molecule has 2 rings (SSSR count). The second-order valence-electron chi connectivity index (χ2n) is 5.27. The molecule has 0 aliphatic carbocycles. The van der Waals surface area contributed by atoms with E-state index in [0.29, 0.717) is 17.3 Å². The number of hydrogen-bond donors (Lipinski definition) is 0. The fraction of sp³-hybridized carbons (Fsp3) is 0.400. The molecule has 0 aliphatic rings. The number of carbonyl (C=O) groups is 1. The van der Waals surface area contributed by atoms with Gasteiger partial charge >= 0.3 is 0 Å². The third-order valence-electron chi connectivity index (χ3n) is 2.88. The number of rotatable bonds is 6. The second kappa shape index (κ2) is 6.41. The minimum atomic E-state index is -0.321. The van der Waals surface area contributed by atoms with Crippen molar-refractivity contribution in [2.75, 3.05) is 0 Å². The van der Waals surface area contributed by atoms with Crippen LogP contribution in [0.25, 0.3) is 0 Å². The van der Waals surface area contributed by atoms with E-state index in [2.05, 4.69) is 23.9 Å². The van der Waals surface area contributed by atoms with E-state index >= 15 is 0 Å². The zero-order valence-electron chi connectivity index (χ0n) is 11.7. The van der Waals surface area contributed by atoms with Crippen molar-refractivity contribution in [3.63, 3.8) is 0 Å². The minimum absolute atomic E-state index is 0.00797. The van der Waals surface area contributed by atoms with Crippen LogP contribution in [0.2, 0.25) is 0 Å². The summed E-state index contributed by atoms with van der Waals surface area (Å²) in [5.74, 6) is 0.792. The van der Waals surface area contributed by atoms with Crippen LogP contribution in [0, 0.1) is 11.7 Å². The number of nitrogens with zero attached hydrogens (tertiary/aromatic N) is 3. The lowest BCUT2D eigenvalue weighted by atomic mass is 10.1. The molecule has 2 aromatic rings. The molecule has 0 saturated carbocycles. The van der Waals surface area contributed by atoms with Gasteiger partial charge < -0.3 is 0 Å². The Kier molecular flexibility index (Phi) is 4.61. The van der Waals surface area contributed by atoms with E-state index in [1.807, 2.05) is 0 Å². The lowest BCUT2D eigenvalue weighted by molar-refractivity contribution is -0.117. The largest absolute Gasteiger partial charge is 0.299 e. The first-order valence-corrected chi connectivity index (χ1v) is 6.67. The van der Waals surface area contributed by atoms with Crippen LogP contribution in [0.15, 0.2) is 30.6 Å². The van der Waals surface area contributed by atoms with E-state index in [1.165, 1.54) is 18.5 Å². The monoisotopic (exact) mass is 275 g/mol. The van der Waals surface area contributed by atoms with Gasteiger partial charge in [-0.3, -0.25) is 4.79 Å². The van der Waals surface area contributed by atoms with Gasteiger partial charge in [0.25, 0.3) is 0 Å². The molecule has 0 bridgehead atoms. The van der Waals surface area contributed by atoms with Crippen molar-refractivity contribution in [1.82, 2.24) is 14.8 Å². The zero-order chi connectivity index (χ0) is 14.5. The summed E-state index contributed by atoms with van der Waals surface area (Å²) < 4.78 is 14.8. The zero-order valence-corrected chi connectivity index (χ0v) is 11.7. The highest BCUT2D eigenvalue weighted by atomic mass is 19.1. The van der Waals surface area contributed by atoms with Crippen molar-refractivity contribution < 1.29 is 9.18 Å². The Labute approximate surface area is 117 Å². The van der Waals surface area contributed by atoms with Crippen LogP contribution in [0.1, 0.15) is 25.2 Å². The van der Waals surface area contributed by atoms with Crippen LogP contribution < -0.4 is 0 Å². The van der Waals surface area contributed by atoms with Gasteiger partial charge in [-0.2, -0.15) is 5.10 Å². The number of carbonyl (C=O) groups excluding carboxylic acids is 1. The third kappa shape index (κ3) is 3.98. The first-order valence-electron chi connectivity index (χ1n) is 6.67. The lowest BCUT2D eigenvalue weighted by Crippen LogP contribution is -2.15. The molecular formula is C15H18FN3O. The maximum Gasteiger partial charge on any atom is 0.144 e. The normalized spacial score (nSPS) is 11.0. The van der Waals surface area contributed by atoms with E-state index in [4.69, 9.17) is 0 Å². The van der Waals surface area contributed by atoms with Gasteiger partial charge in [0.05, 0.1) is 6.42 Å². The molecule has 106 valence electrons. The minimum Gasteiger partial charge on any atom is -0.299 e. The molecule has 0 saturated heterocycles. The molecule has 1 aromatic heterocycles. The molecule has 20 heavy (non-hydrogen) atoms. The number of halogens is 1. The summed E-state index contributed by atoms with van der Waals surface area (Å²) in [7, 11) is 0. The van der Waals surface area contributed by atoms with Crippen molar-refractivity contribution in [3.8, 4) is 0 Å². The molecule has 4 nitrogen and oxygen atoms in total. The Bertz CT molecular complexity index is 592. The summed E-state index contributed by atoms with van der Waals surface area (Å²) in [6.07, 6.45) is 1.91. The fourth-order valence-corrected chi connectivity index (χ4v) is 2.04. The van der Waals surface area contributed by atoms with E-state index in [-0.39, 0.29) is 24.4 Å². The van der Waals surface area contributed by atoms with Crippen LogP contribution in [-0.4, -0.2) is 20.5 Å². The molecule has 0 spiro atoms. The number of aromatic nitrogens is 3. The lowest BCUT2D eigenvalue weighted by Gasteiger charge is -2.08. The predicted molar refractivity (Wildman–Crippen MR) is 73.7 cm³/mol. The average Bonchev–Trinajstić information content (AvgIpc) is 2.75. The summed E-state index contributed by atoms with van der Waals surface area (Å²) in [5, 5.41) is 4.12. The summed E-state index contributed by atoms with van der Waals surface area (Å²) in [6, 6.07) is 6.11. The third-order valence-corrected chi connectivity index (χ3v) is 2.88. The fourth-order valence-electron chi connectivity index (χ4n) is 2.04. The van der Waals surface area contributed by atoms with Gasteiger partial charge in [-0.05, 0) is 23.6 Å². The quantitative estimate of drug-likeness (QED) is 0.813. The van der Waals surface area contributed by atoms with Crippen molar-refractivity contribution in [1.29, 1.82) is 0 Å². The van der Waals surface area contributed by atoms with E-state index < -0.39 is 0 Å². The van der Waals surface area contributed by atoms with Crippen molar-refractivity contribution in [2.45, 2.75) is 33.2 Å². The van der Waals surface area contributed by atoms with Crippen molar-refractivity contribution in [2.24, 2.45) is 5.92 Å². The standard InChI is InChI=1S/C15H18FN3O/c1-11(2)9-19-15(17-10-18-19)8-14(20)7-12-4-3-5-13(16)6-12/h3-6,10-11H,7-9H2,1-2H3. The molecule has 1 aromatic carbocycles. The van der Waals surface area contributed by atoms with Crippen LogP contribution in [-0.2, 0) is 24.2 Å². The topological polar surface area (TPSA) is 47.8 Å².